The molecule has 3 atom stereocenters. The van der Waals surface area contributed by atoms with Crippen LogP contribution in [0.4, 0.5) is 0 Å². The summed E-state index contributed by atoms with van der Waals surface area (Å²) >= 11 is 0. The van der Waals surface area contributed by atoms with Gasteiger partial charge in [-0.3, -0.25) is 4.79 Å². The molecule has 7 heteroatoms. The molecule has 4 rings (SSSR count). The molecule has 1 amide bonds. The Morgan fingerprint density at radius 3 is 2.39 bits per heavy atom. The fourth-order valence-corrected chi connectivity index (χ4v) is 4.25. The molecule has 2 aliphatic rings. The van der Waals surface area contributed by atoms with Crippen molar-refractivity contribution in [2.75, 3.05) is 13.7 Å². The van der Waals surface area contributed by atoms with Crippen molar-refractivity contribution in [2.45, 2.75) is 78.9 Å². The lowest BCUT2D eigenvalue weighted by molar-refractivity contribution is -0.153. The summed E-state index contributed by atoms with van der Waals surface area (Å²) in [7, 11) is 1.36. The molecule has 2 heterocycles. The lowest BCUT2D eigenvalue weighted by Crippen LogP contribution is -2.46. The predicted octanol–water partition coefficient (Wildman–Crippen LogP) is 4.33. The molecule has 1 saturated heterocycles. The zero-order valence-electron chi connectivity index (χ0n) is 20.8. The molecule has 178 valence electrons. The van der Waals surface area contributed by atoms with Gasteiger partial charge in [0.2, 0.25) is 11.8 Å². The highest BCUT2D eigenvalue weighted by atomic mass is 16.5. The highest BCUT2D eigenvalue weighted by molar-refractivity contribution is 5.87. The van der Waals surface area contributed by atoms with Crippen LogP contribution in [0.5, 0.6) is 5.88 Å². The first-order valence-electron chi connectivity index (χ1n) is 11.8. The number of amides is 1. The number of rotatable bonds is 5. The minimum atomic E-state index is -0.655. The van der Waals surface area contributed by atoms with E-state index in [1.54, 1.807) is 4.90 Å². The van der Waals surface area contributed by atoms with Crippen molar-refractivity contribution in [1.29, 1.82) is 0 Å². The topological polar surface area (TPSA) is 81.6 Å². The first kappa shape index (κ1) is 23.5. The number of fused-ring (bicyclic) bond motifs is 1. The van der Waals surface area contributed by atoms with Crippen LogP contribution in [-0.4, -0.2) is 52.5 Å². The number of aromatic nitrogens is 2. The van der Waals surface area contributed by atoms with E-state index in [1.165, 1.54) is 12.7 Å². The van der Waals surface area contributed by atoms with Gasteiger partial charge < -0.3 is 14.4 Å². The Bertz CT molecular complexity index is 1090. The van der Waals surface area contributed by atoms with Crippen molar-refractivity contribution < 1.29 is 19.1 Å². The smallest absolute Gasteiger partial charge is 0.328 e. The summed E-state index contributed by atoms with van der Waals surface area (Å²) in [5.74, 6) is 1.04. The number of esters is 1. The molecule has 7 nitrogen and oxygen atoms in total. The van der Waals surface area contributed by atoms with Crippen molar-refractivity contribution in [2.24, 2.45) is 11.3 Å². The van der Waals surface area contributed by atoms with Crippen LogP contribution < -0.4 is 4.74 Å². The van der Waals surface area contributed by atoms with Crippen LogP contribution in [0.1, 0.15) is 69.8 Å². The van der Waals surface area contributed by atoms with E-state index in [0.29, 0.717) is 24.8 Å². The molecule has 1 unspecified atom stereocenters. The Morgan fingerprint density at radius 1 is 1.12 bits per heavy atom. The zero-order valence-corrected chi connectivity index (χ0v) is 20.8. The Labute approximate surface area is 195 Å². The minimum absolute atomic E-state index is 0.0540. The highest BCUT2D eigenvalue weighted by Crippen LogP contribution is 2.40. The SMILES string of the molecule is COC(=O)C1C[C@@H](Oc2nc(C3CC3)nc3cc(C)c(C)cc23)CN1C(=O)[C@@H](C)C(C)(C)C. The van der Waals surface area contributed by atoms with Crippen molar-refractivity contribution >= 4 is 22.8 Å². The first-order valence-corrected chi connectivity index (χ1v) is 11.8. The normalized spacial score (nSPS) is 21.8. The summed E-state index contributed by atoms with van der Waals surface area (Å²) in [6.45, 7) is 12.5. The van der Waals surface area contributed by atoms with Gasteiger partial charge in [-0.05, 0) is 55.4 Å². The van der Waals surface area contributed by atoms with Crippen molar-refractivity contribution in [3.8, 4) is 5.88 Å². The summed E-state index contributed by atoms with van der Waals surface area (Å²) in [6, 6.07) is 3.49. The Hall–Kier alpha value is -2.70. The molecule has 1 aliphatic carbocycles. The molecule has 0 spiro atoms. The lowest BCUT2D eigenvalue weighted by Gasteiger charge is -2.32. The predicted molar refractivity (Wildman–Crippen MR) is 126 cm³/mol. The quantitative estimate of drug-likeness (QED) is 0.627. The highest BCUT2D eigenvalue weighted by Gasteiger charge is 2.44. The first-order chi connectivity index (χ1) is 15.5. The van der Waals surface area contributed by atoms with E-state index in [9.17, 15) is 9.59 Å². The molecule has 1 aromatic heterocycles. The fraction of sp³-hybridized carbons (Fsp3) is 0.615. The summed E-state index contributed by atoms with van der Waals surface area (Å²) in [5, 5.41) is 0.866. The number of ether oxygens (including phenoxy) is 2. The number of methoxy groups -OCH3 is 1. The second kappa shape index (κ2) is 8.58. The number of hydrogen-bond acceptors (Lipinski definition) is 6. The standard InChI is InChI=1S/C26H35N3O4/c1-14-10-19-20(11-15(14)2)27-22(17-8-9-17)28-23(19)33-18-12-21(25(31)32-7)29(13-18)24(30)16(3)26(4,5)6/h10-11,16-18,21H,8-9,12-13H2,1-7H3/t16-,18-,21?/m1/s1. The van der Waals surface area contributed by atoms with Crippen LogP contribution in [-0.2, 0) is 14.3 Å². The molecule has 1 aliphatic heterocycles. The van der Waals surface area contributed by atoms with Gasteiger partial charge in [0, 0.05) is 18.3 Å². The summed E-state index contributed by atoms with van der Waals surface area (Å²) < 4.78 is 11.4. The van der Waals surface area contributed by atoms with Crippen LogP contribution in [0.2, 0.25) is 0 Å². The maximum Gasteiger partial charge on any atom is 0.328 e. The Morgan fingerprint density at radius 2 is 1.79 bits per heavy atom. The minimum Gasteiger partial charge on any atom is -0.472 e. The average Bonchev–Trinajstić information content (AvgIpc) is 3.52. The monoisotopic (exact) mass is 453 g/mol. The van der Waals surface area contributed by atoms with Crippen molar-refractivity contribution in [1.82, 2.24) is 14.9 Å². The van der Waals surface area contributed by atoms with Crippen LogP contribution in [0.15, 0.2) is 12.1 Å². The van der Waals surface area contributed by atoms with Gasteiger partial charge in [0.25, 0.3) is 0 Å². The van der Waals surface area contributed by atoms with Gasteiger partial charge in [-0.25, -0.2) is 9.78 Å². The summed E-state index contributed by atoms with van der Waals surface area (Å²) in [6.07, 6.45) is 2.22. The average molecular weight is 454 g/mol. The van der Waals surface area contributed by atoms with Gasteiger partial charge in [-0.2, -0.15) is 4.98 Å². The second-order valence-corrected chi connectivity index (χ2v) is 10.7. The van der Waals surface area contributed by atoms with Crippen LogP contribution in [0.25, 0.3) is 10.9 Å². The molecule has 0 bridgehead atoms. The number of aryl methyl sites for hydroxylation is 2. The Balaban J connectivity index is 1.65. The molecule has 1 saturated carbocycles. The van der Waals surface area contributed by atoms with E-state index in [4.69, 9.17) is 19.4 Å². The summed E-state index contributed by atoms with van der Waals surface area (Å²) in [5.41, 5.74) is 2.98. The molecule has 33 heavy (non-hydrogen) atoms. The van der Waals surface area contributed by atoms with E-state index in [0.717, 1.165) is 35.1 Å². The largest absolute Gasteiger partial charge is 0.472 e. The number of likely N-dealkylation sites (tertiary alicyclic amines) is 1. The van der Waals surface area contributed by atoms with Crippen molar-refractivity contribution in [3.05, 3.63) is 29.1 Å². The van der Waals surface area contributed by atoms with E-state index in [-0.39, 0.29) is 23.3 Å². The molecular weight excluding hydrogens is 418 g/mol. The maximum atomic E-state index is 13.3. The third-order valence-electron chi connectivity index (χ3n) is 7.20. The molecule has 0 radical (unpaired) electrons. The van der Waals surface area contributed by atoms with Crippen molar-refractivity contribution in [3.63, 3.8) is 0 Å². The molecule has 2 fully saturated rings. The van der Waals surface area contributed by atoms with E-state index in [2.05, 4.69) is 26.0 Å². The van der Waals surface area contributed by atoms with Crippen LogP contribution in [0.3, 0.4) is 0 Å². The second-order valence-electron chi connectivity index (χ2n) is 10.7. The van der Waals surface area contributed by atoms with Gasteiger partial charge in [-0.15, -0.1) is 0 Å². The van der Waals surface area contributed by atoms with Gasteiger partial charge >= 0.3 is 5.97 Å². The van der Waals surface area contributed by atoms with Gasteiger partial charge in [-0.1, -0.05) is 27.7 Å². The third kappa shape index (κ3) is 4.68. The third-order valence-corrected chi connectivity index (χ3v) is 7.20. The lowest BCUT2D eigenvalue weighted by atomic mass is 9.81. The van der Waals surface area contributed by atoms with Gasteiger partial charge in [0.1, 0.15) is 18.0 Å². The zero-order chi connectivity index (χ0) is 24.1. The molecule has 1 aromatic carbocycles. The molecule has 2 aromatic rings. The number of nitrogens with zero attached hydrogens (tertiary/aromatic N) is 3. The number of hydrogen-bond donors (Lipinski definition) is 0. The number of benzene rings is 1. The van der Waals surface area contributed by atoms with E-state index >= 15 is 0 Å². The fourth-order valence-electron chi connectivity index (χ4n) is 4.25. The number of carbonyl (C=O) groups excluding carboxylic acids is 2. The Kier molecular flexibility index (Phi) is 6.10. The van der Waals surface area contributed by atoms with Gasteiger partial charge in [0.05, 0.1) is 24.6 Å². The van der Waals surface area contributed by atoms with E-state index in [1.807, 2.05) is 27.7 Å². The molecular formula is C26H35N3O4. The number of carbonyl (C=O) groups is 2. The maximum absolute atomic E-state index is 13.3. The molecule has 0 N–H and O–H groups in total. The van der Waals surface area contributed by atoms with Crippen LogP contribution in [0, 0.1) is 25.2 Å². The van der Waals surface area contributed by atoms with Crippen LogP contribution >= 0.6 is 0 Å². The van der Waals surface area contributed by atoms with E-state index < -0.39 is 12.0 Å². The summed E-state index contributed by atoms with van der Waals surface area (Å²) in [4.78, 5) is 37.1. The van der Waals surface area contributed by atoms with Gasteiger partial charge in [0.15, 0.2) is 0 Å².